The molecule has 0 N–H and O–H groups in total. The van der Waals surface area contributed by atoms with Crippen LogP contribution in [-0.2, 0) is 19.4 Å². The number of benzene rings is 2. The molecule has 0 aliphatic carbocycles. The topological polar surface area (TPSA) is 34.9 Å². The number of halogens is 1. The van der Waals surface area contributed by atoms with E-state index >= 15 is 0 Å². The lowest BCUT2D eigenvalue weighted by molar-refractivity contribution is 0.621. The van der Waals surface area contributed by atoms with E-state index in [4.69, 9.17) is 11.6 Å². The minimum absolute atomic E-state index is 0.0136. The van der Waals surface area contributed by atoms with Gasteiger partial charge in [0, 0.05) is 13.0 Å². The van der Waals surface area contributed by atoms with Gasteiger partial charge in [0.25, 0.3) is 5.56 Å². The summed E-state index contributed by atoms with van der Waals surface area (Å²) >= 11 is 6.17. The van der Waals surface area contributed by atoms with Gasteiger partial charge in [-0.15, -0.1) is 0 Å². The molecule has 3 nitrogen and oxygen atoms in total. The zero-order chi connectivity index (χ0) is 15.5. The van der Waals surface area contributed by atoms with Crippen molar-refractivity contribution in [2.45, 2.75) is 26.3 Å². The van der Waals surface area contributed by atoms with Crippen LogP contribution >= 0.6 is 11.6 Å². The standard InChI is InChI=1S/C18H17ClN2O/c1-2-16-20-17-14(9-6-10-15(17)19)18(22)21(16)12-11-13-7-4-3-5-8-13/h3-10H,2,11-12H2,1H3. The normalized spacial score (nSPS) is 11.0. The number of aromatic nitrogens is 2. The van der Waals surface area contributed by atoms with E-state index in [9.17, 15) is 4.79 Å². The summed E-state index contributed by atoms with van der Waals surface area (Å²) in [5, 5.41) is 1.11. The predicted octanol–water partition coefficient (Wildman–Crippen LogP) is 3.86. The summed E-state index contributed by atoms with van der Waals surface area (Å²) < 4.78 is 1.77. The number of aryl methyl sites for hydroxylation is 2. The van der Waals surface area contributed by atoms with E-state index in [0.29, 0.717) is 28.9 Å². The van der Waals surface area contributed by atoms with Crippen LogP contribution in [0.5, 0.6) is 0 Å². The highest BCUT2D eigenvalue weighted by Crippen LogP contribution is 2.19. The summed E-state index contributed by atoms with van der Waals surface area (Å²) in [7, 11) is 0. The van der Waals surface area contributed by atoms with Gasteiger partial charge >= 0.3 is 0 Å². The molecule has 0 saturated carbocycles. The van der Waals surface area contributed by atoms with Crippen LogP contribution in [0.4, 0.5) is 0 Å². The van der Waals surface area contributed by atoms with Crippen LogP contribution < -0.4 is 5.56 Å². The number of hydrogen-bond donors (Lipinski definition) is 0. The SMILES string of the molecule is CCc1nc2c(Cl)cccc2c(=O)n1CCc1ccccc1. The zero-order valence-corrected chi connectivity index (χ0v) is 13.2. The minimum Gasteiger partial charge on any atom is -0.296 e. The van der Waals surface area contributed by atoms with E-state index in [1.807, 2.05) is 25.1 Å². The van der Waals surface area contributed by atoms with Crippen molar-refractivity contribution in [3.63, 3.8) is 0 Å². The predicted molar refractivity (Wildman–Crippen MR) is 90.5 cm³/mol. The highest BCUT2D eigenvalue weighted by atomic mass is 35.5. The maximum absolute atomic E-state index is 12.7. The Labute approximate surface area is 134 Å². The second-order valence-corrected chi connectivity index (χ2v) is 5.62. The molecule has 3 rings (SSSR count). The molecule has 0 amide bonds. The zero-order valence-electron chi connectivity index (χ0n) is 12.4. The van der Waals surface area contributed by atoms with Gasteiger partial charge in [0.1, 0.15) is 5.82 Å². The van der Waals surface area contributed by atoms with Gasteiger partial charge < -0.3 is 0 Å². The van der Waals surface area contributed by atoms with Crippen molar-refractivity contribution < 1.29 is 0 Å². The summed E-state index contributed by atoms with van der Waals surface area (Å²) in [4.78, 5) is 17.3. The summed E-state index contributed by atoms with van der Waals surface area (Å²) in [6.45, 7) is 2.63. The van der Waals surface area contributed by atoms with E-state index < -0.39 is 0 Å². The van der Waals surface area contributed by atoms with Crippen LogP contribution in [0.25, 0.3) is 10.9 Å². The molecule has 0 unspecified atom stereocenters. The Morgan fingerprint density at radius 2 is 1.86 bits per heavy atom. The fourth-order valence-corrected chi connectivity index (χ4v) is 2.86. The quantitative estimate of drug-likeness (QED) is 0.733. The Hall–Kier alpha value is -2.13. The van der Waals surface area contributed by atoms with Crippen LogP contribution in [0.2, 0.25) is 5.02 Å². The lowest BCUT2D eigenvalue weighted by Crippen LogP contribution is -2.26. The molecule has 0 fully saturated rings. The lowest BCUT2D eigenvalue weighted by atomic mass is 10.1. The van der Waals surface area contributed by atoms with Gasteiger partial charge in [0.15, 0.2) is 0 Å². The first-order valence-corrected chi connectivity index (χ1v) is 7.80. The van der Waals surface area contributed by atoms with Crippen molar-refractivity contribution in [3.05, 3.63) is 75.3 Å². The van der Waals surface area contributed by atoms with Gasteiger partial charge in [-0.25, -0.2) is 4.98 Å². The van der Waals surface area contributed by atoms with Gasteiger partial charge in [-0.2, -0.15) is 0 Å². The van der Waals surface area contributed by atoms with Crippen LogP contribution in [0.15, 0.2) is 53.3 Å². The third-order valence-corrected chi connectivity index (χ3v) is 4.10. The number of nitrogens with zero attached hydrogens (tertiary/aromatic N) is 2. The lowest BCUT2D eigenvalue weighted by Gasteiger charge is -2.13. The van der Waals surface area contributed by atoms with E-state index in [0.717, 1.165) is 12.2 Å². The maximum atomic E-state index is 12.7. The Balaban J connectivity index is 2.05. The van der Waals surface area contributed by atoms with Gasteiger partial charge in [0.05, 0.1) is 15.9 Å². The smallest absolute Gasteiger partial charge is 0.261 e. The van der Waals surface area contributed by atoms with Crippen LogP contribution in [0, 0.1) is 0 Å². The number of para-hydroxylation sites is 1. The molecule has 112 valence electrons. The van der Waals surface area contributed by atoms with Crippen molar-refractivity contribution >= 4 is 22.5 Å². The van der Waals surface area contributed by atoms with Gasteiger partial charge in [-0.3, -0.25) is 9.36 Å². The molecule has 0 radical (unpaired) electrons. The van der Waals surface area contributed by atoms with E-state index in [-0.39, 0.29) is 5.56 Å². The Kier molecular flexibility index (Phi) is 4.25. The molecular weight excluding hydrogens is 296 g/mol. The summed E-state index contributed by atoms with van der Waals surface area (Å²) in [5.41, 5.74) is 1.80. The van der Waals surface area contributed by atoms with E-state index in [1.54, 1.807) is 22.8 Å². The van der Waals surface area contributed by atoms with Gasteiger partial charge in [-0.1, -0.05) is 54.9 Å². The van der Waals surface area contributed by atoms with Crippen molar-refractivity contribution in [3.8, 4) is 0 Å². The molecule has 0 aliphatic rings. The average Bonchev–Trinajstić information content (AvgIpc) is 2.55. The maximum Gasteiger partial charge on any atom is 0.261 e. The molecule has 0 spiro atoms. The molecule has 0 aliphatic heterocycles. The average molecular weight is 313 g/mol. The van der Waals surface area contributed by atoms with Crippen LogP contribution in [0.3, 0.4) is 0 Å². The largest absolute Gasteiger partial charge is 0.296 e. The molecule has 3 aromatic rings. The molecule has 22 heavy (non-hydrogen) atoms. The van der Waals surface area contributed by atoms with E-state index in [2.05, 4.69) is 17.1 Å². The van der Waals surface area contributed by atoms with Crippen molar-refractivity contribution in [2.24, 2.45) is 0 Å². The first-order chi connectivity index (χ1) is 10.7. The van der Waals surface area contributed by atoms with E-state index in [1.165, 1.54) is 5.56 Å². The Morgan fingerprint density at radius 1 is 1.09 bits per heavy atom. The molecule has 0 bridgehead atoms. The van der Waals surface area contributed by atoms with Crippen LogP contribution in [0.1, 0.15) is 18.3 Å². The van der Waals surface area contributed by atoms with Crippen molar-refractivity contribution in [2.75, 3.05) is 0 Å². The molecule has 1 aromatic heterocycles. The molecule has 1 heterocycles. The van der Waals surface area contributed by atoms with Crippen LogP contribution in [-0.4, -0.2) is 9.55 Å². The highest BCUT2D eigenvalue weighted by Gasteiger charge is 2.11. The third kappa shape index (κ3) is 2.77. The summed E-state index contributed by atoms with van der Waals surface area (Å²) in [5.74, 6) is 0.779. The summed E-state index contributed by atoms with van der Waals surface area (Å²) in [6.07, 6.45) is 1.51. The van der Waals surface area contributed by atoms with Crippen molar-refractivity contribution in [1.29, 1.82) is 0 Å². The Morgan fingerprint density at radius 3 is 2.59 bits per heavy atom. The fraction of sp³-hybridized carbons (Fsp3) is 0.222. The molecule has 0 saturated heterocycles. The molecule has 4 heteroatoms. The number of fused-ring (bicyclic) bond motifs is 1. The second-order valence-electron chi connectivity index (χ2n) is 5.21. The van der Waals surface area contributed by atoms with Crippen molar-refractivity contribution in [1.82, 2.24) is 9.55 Å². The monoisotopic (exact) mass is 312 g/mol. The molecule has 2 aromatic carbocycles. The highest BCUT2D eigenvalue weighted by molar-refractivity contribution is 6.34. The molecular formula is C18H17ClN2O. The first kappa shape index (κ1) is 14.8. The number of rotatable bonds is 4. The Bertz CT molecular complexity index is 856. The number of hydrogen-bond acceptors (Lipinski definition) is 2. The van der Waals surface area contributed by atoms with Gasteiger partial charge in [0.2, 0.25) is 0 Å². The fourth-order valence-electron chi connectivity index (χ4n) is 2.64. The first-order valence-electron chi connectivity index (χ1n) is 7.42. The van der Waals surface area contributed by atoms with Gasteiger partial charge in [-0.05, 0) is 24.1 Å². The molecule has 0 atom stereocenters. The third-order valence-electron chi connectivity index (χ3n) is 3.80. The summed E-state index contributed by atoms with van der Waals surface area (Å²) in [6, 6.07) is 15.5. The second kappa shape index (κ2) is 6.32. The minimum atomic E-state index is -0.0136.